The summed E-state index contributed by atoms with van der Waals surface area (Å²) >= 11 is 0. The van der Waals surface area contributed by atoms with Gasteiger partial charge in [-0.2, -0.15) is 8.42 Å². The molecule has 0 atom stereocenters. The Morgan fingerprint density at radius 2 is 1.50 bits per heavy atom. The van der Waals surface area contributed by atoms with Crippen molar-refractivity contribution in [3.05, 3.63) is 65.7 Å². The van der Waals surface area contributed by atoms with Crippen LogP contribution in [0.5, 0.6) is 0 Å². The molecular weight excluding hydrogens is 384 g/mol. The molecule has 0 amide bonds. The Hall–Kier alpha value is -2.26. The van der Waals surface area contributed by atoms with E-state index in [0.717, 1.165) is 11.1 Å². The third-order valence-corrected chi connectivity index (χ3v) is 4.94. The van der Waals surface area contributed by atoms with Crippen molar-refractivity contribution in [1.82, 2.24) is 0 Å². The molecule has 0 spiro atoms. The average Bonchev–Trinajstić information content (AvgIpc) is 2.69. The third-order valence-electron chi connectivity index (χ3n) is 3.61. The van der Waals surface area contributed by atoms with Gasteiger partial charge in [-0.15, -0.1) is 0 Å². The van der Waals surface area contributed by atoms with E-state index in [9.17, 15) is 13.2 Å². The summed E-state index contributed by atoms with van der Waals surface area (Å²) in [6.45, 7) is 2.28. The van der Waals surface area contributed by atoms with Crippen molar-refractivity contribution in [3.63, 3.8) is 0 Å². The molecule has 2 aromatic carbocycles. The minimum absolute atomic E-state index is 0.0902. The highest BCUT2D eigenvalue weighted by Crippen LogP contribution is 2.12. The molecule has 0 unspecified atom stereocenters. The normalized spacial score (nSPS) is 11.3. The van der Waals surface area contributed by atoms with Crippen molar-refractivity contribution >= 4 is 16.1 Å². The molecule has 0 fully saturated rings. The maximum Gasteiger partial charge on any atom is 0.332 e. The Kier molecular flexibility index (Phi) is 9.09. The molecule has 152 valence electrons. The van der Waals surface area contributed by atoms with Crippen LogP contribution in [0, 0.1) is 6.92 Å². The molecule has 0 saturated heterocycles. The Morgan fingerprint density at radius 1 is 0.857 bits per heavy atom. The van der Waals surface area contributed by atoms with Gasteiger partial charge in [-0.3, -0.25) is 4.18 Å². The van der Waals surface area contributed by atoms with E-state index in [1.807, 2.05) is 37.3 Å². The molecule has 2 aromatic rings. The molecule has 0 aliphatic rings. The number of ether oxygens (including phenoxy) is 3. The minimum Gasteiger partial charge on any atom is -0.459 e. The smallest absolute Gasteiger partial charge is 0.332 e. The molecule has 8 heteroatoms. The van der Waals surface area contributed by atoms with Crippen molar-refractivity contribution in [2.75, 3.05) is 33.0 Å². The van der Waals surface area contributed by atoms with Gasteiger partial charge in [-0.25, -0.2) is 4.79 Å². The van der Waals surface area contributed by atoms with Gasteiger partial charge in [0.15, 0.2) is 0 Å². The first kappa shape index (κ1) is 22.0. The van der Waals surface area contributed by atoms with Crippen LogP contribution in [0.3, 0.4) is 0 Å². The maximum absolute atomic E-state index is 12.0. The van der Waals surface area contributed by atoms with Crippen molar-refractivity contribution in [2.45, 2.75) is 18.4 Å². The number of rotatable bonds is 12. The molecule has 0 heterocycles. The lowest BCUT2D eigenvalue weighted by Crippen LogP contribution is -2.16. The largest absolute Gasteiger partial charge is 0.459 e. The Labute approximate surface area is 165 Å². The monoisotopic (exact) mass is 408 g/mol. The van der Waals surface area contributed by atoms with Crippen LogP contribution in [-0.4, -0.2) is 47.4 Å². The first-order valence-corrected chi connectivity index (χ1v) is 10.2. The van der Waals surface area contributed by atoms with Crippen molar-refractivity contribution < 1.29 is 31.6 Å². The predicted molar refractivity (Wildman–Crippen MR) is 102 cm³/mol. The fourth-order valence-electron chi connectivity index (χ4n) is 2.13. The van der Waals surface area contributed by atoms with E-state index < -0.39 is 16.1 Å². The second kappa shape index (κ2) is 11.6. The highest BCUT2D eigenvalue weighted by atomic mass is 32.2. The van der Waals surface area contributed by atoms with Gasteiger partial charge >= 0.3 is 5.97 Å². The van der Waals surface area contributed by atoms with E-state index in [2.05, 4.69) is 0 Å². The summed E-state index contributed by atoms with van der Waals surface area (Å²) < 4.78 is 44.3. The van der Waals surface area contributed by atoms with Crippen LogP contribution in [-0.2, 0) is 39.9 Å². The summed E-state index contributed by atoms with van der Waals surface area (Å²) in [5.74, 6) is -0.462. The molecule has 0 aliphatic heterocycles. The summed E-state index contributed by atoms with van der Waals surface area (Å²) in [6.07, 6.45) is 0. The van der Waals surface area contributed by atoms with Crippen LogP contribution in [0.25, 0.3) is 0 Å². The second-order valence-corrected chi connectivity index (χ2v) is 7.52. The highest BCUT2D eigenvalue weighted by molar-refractivity contribution is 7.86. The van der Waals surface area contributed by atoms with Gasteiger partial charge in [0, 0.05) is 0 Å². The van der Waals surface area contributed by atoms with Crippen LogP contribution < -0.4 is 0 Å². The molecule has 0 radical (unpaired) electrons. The number of carbonyl (C=O) groups excluding carboxylic acids is 1. The van der Waals surface area contributed by atoms with Gasteiger partial charge in [0.1, 0.15) is 13.2 Å². The molecule has 7 nitrogen and oxygen atoms in total. The Bertz CT molecular complexity index is 817. The number of esters is 1. The number of benzene rings is 2. The maximum atomic E-state index is 12.0. The number of hydrogen-bond donors (Lipinski definition) is 0. The van der Waals surface area contributed by atoms with Gasteiger partial charge in [0.25, 0.3) is 10.1 Å². The van der Waals surface area contributed by atoms with Gasteiger partial charge < -0.3 is 14.2 Å². The van der Waals surface area contributed by atoms with Gasteiger partial charge in [0.05, 0.1) is 31.3 Å². The quantitative estimate of drug-likeness (QED) is 0.303. The fraction of sp³-hybridized carbons (Fsp3) is 0.350. The van der Waals surface area contributed by atoms with Gasteiger partial charge in [0.2, 0.25) is 0 Å². The zero-order chi connectivity index (χ0) is 20.2. The van der Waals surface area contributed by atoms with E-state index in [1.54, 1.807) is 12.1 Å². The average molecular weight is 408 g/mol. The standard InChI is InChI=1S/C20H24O7S/c1-17-7-9-19(10-8-17)28(22,23)27-14-13-24-11-12-25-16-20(21)26-15-18-5-3-2-4-6-18/h2-10H,11-16H2,1H3. The molecule has 0 bridgehead atoms. The van der Waals surface area contributed by atoms with E-state index >= 15 is 0 Å². The van der Waals surface area contributed by atoms with Crippen LogP contribution in [0.1, 0.15) is 11.1 Å². The number of hydrogen-bond acceptors (Lipinski definition) is 7. The first-order chi connectivity index (χ1) is 13.5. The van der Waals surface area contributed by atoms with Crippen LogP contribution >= 0.6 is 0 Å². The minimum atomic E-state index is -3.79. The molecule has 0 aromatic heterocycles. The van der Waals surface area contributed by atoms with Crippen LogP contribution in [0.15, 0.2) is 59.5 Å². The summed E-state index contributed by atoms with van der Waals surface area (Å²) in [4.78, 5) is 11.6. The lowest BCUT2D eigenvalue weighted by molar-refractivity contribution is -0.150. The highest BCUT2D eigenvalue weighted by Gasteiger charge is 2.14. The lowest BCUT2D eigenvalue weighted by atomic mass is 10.2. The Balaban J connectivity index is 1.50. The summed E-state index contributed by atoms with van der Waals surface area (Å²) in [5, 5.41) is 0. The van der Waals surface area contributed by atoms with Crippen molar-refractivity contribution in [3.8, 4) is 0 Å². The van der Waals surface area contributed by atoms with Crippen molar-refractivity contribution in [2.24, 2.45) is 0 Å². The molecule has 0 N–H and O–H groups in total. The number of carbonyl (C=O) groups is 1. The summed E-state index contributed by atoms with van der Waals surface area (Å²) in [6, 6.07) is 15.7. The zero-order valence-electron chi connectivity index (χ0n) is 15.7. The summed E-state index contributed by atoms with van der Waals surface area (Å²) in [7, 11) is -3.79. The fourth-order valence-corrected chi connectivity index (χ4v) is 3.02. The van der Waals surface area contributed by atoms with Gasteiger partial charge in [-0.05, 0) is 24.6 Å². The molecule has 2 rings (SSSR count). The molecular formula is C20H24O7S. The number of aryl methyl sites for hydroxylation is 1. The van der Waals surface area contributed by atoms with E-state index in [1.165, 1.54) is 12.1 Å². The second-order valence-electron chi connectivity index (χ2n) is 5.90. The topological polar surface area (TPSA) is 88.1 Å². The third kappa shape index (κ3) is 8.18. The van der Waals surface area contributed by atoms with E-state index in [0.29, 0.717) is 0 Å². The van der Waals surface area contributed by atoms with E-state index in [-0.39, 0.29) is 44.5 Å². The Morgan fingerprint density at radius 3 is 2.21 bits per heavy atom. The van der Waals surface area contributed by atoms with E-state index in [4.69, 9.17) is 18.4 Å². The zero-order valence-corrected chi connectivity index (χ0v) is 16.5. The van der Waals surface area contributed by atoms with Gasteiger partial charge in [-0.1, -0.05) is 48.0 Å². The molecule has 0 saturated carbocycles. The predicted octanol–water partition coefficient (Wildman–Crippen LogP) is 2.48. The summed E-state index contributed by atoms with van der Waals surface area (Å²) in [5.41, 5.74) is 1.87. The van der Waals surface area contributed by atoms with Crippen LogP contribution in [0.2, 0.25) is 0 Å². The SMILES string of the molecule is Cc1ccc(S(=O)(=O)OCCOCCOCC(=O)OCc2ccccc2)cc1. The first-order valence-electron chi connectivity index (χ1n) is 8.78. The van der Waals surface area contributed by atoms with Crippen LogP contribution in [0.4, 0.5) is 0 Å². The molecule has 0 aliphatic carbocycles. The molecule has 28 heavy (non-hydrogen) atoms. The lowest BCUT2D eigenvalue weighted by Gasteiger charge is -2.08. The van der Waals surface area contributed by atoms with Crippen molar-refractivity contribution in [1.29, 1.82) is 0 Å².